The molecular weight excluding hydrogens is 286 g/mol. The molecule has 21 heavy (non-hydrogen) atoms. The maximum absolute atomic E-state index is 12.8. The molecular formula is C15H23N3O2S. The van der Waals surface area contributed by atoms with E-state index in [1.807, 2.05) is 33.1 Å². The minimum absolute atomic E-state index is 0.0176. The minimum atomic E-state index is -0.586. The Hall–Kier alpha value is -1.43. The first-order valence-corrected chi connectivity index (χ1v) is 8.16. The lowest BCUT2D eigenvalue weighted by Crippen LogP contribution is -2.66. The van der Waals surface area contributed by atoms with Crippen LogP contribution in [0.25, 0.3) is 0 Å². The first-order chi connectivity index (χ1) is 9.75. The lowest BCUT2D eigenvalue weighted by Gasteiger charge is -2.46. The monoisotopic (exact) mass is 309 g/mol. The molecule has 116 valence electrons. The number of nitrogens with zero attached hydrogens (tertiary/aromatic N) is 2. The van der Waals surface area contributed by atoms with E-state index >= 15 is 0 Å². The van der Waals surface area contributed by atoms with Gasteiger partial charge in [0.15, 0.2) is 0 Å². The fourth-order valence-corrected chi connectivity index (χ4v) is 3.61. The zero-order chi connectivity index (χ0) is 15.8. The first-order valence-electron chi connectivity index (χ1n) is 7.28. The van der Waals surface area contributed by atoms with E-state index in [-0.39, 0.29) is 11.8 Å². The van der Waals surface area contributed by atoms with Crippen molar-refractivity contribution in [3.8, 4) is 0 Å². The largest absolute Gasteiger partial charge is 0.343 e. The van der Waals surface area contributed by atoms with Gasteiger partial charge in [-0.05, 0) is 33.1 Å². The maximum atomic E-state index is 12.8. The van der Waals surface area contributed by atoms with Crippen LogP contribution < -0.4 is 5.32 Å². The van der Waals surface area contributed by atoms with Gasteiger partial charge in [-0.15, -0.1) is 11.3 Å². The van der Waals surface area contributed by atoms with Gasteiger partial charge in [0.25, 0.3) is 0 Å². The molecule has 6 heteroatoms. The van der Waals surface area contributed by atoms with Crippen molar-refractivity contribution in [1.29, 1.82) is 0 Å². The van der Waals surface area contributed by atoms with E-state index in [1.54, 1.807) is 18.0 Å². The summed E-state index contributed by atoms with van der Waals surface area (Å²) in [6.45, 7) is 9.77. The fourth-order valence-electron chi connectivity index (χ4n) is 2.85. The van der Waals surface area contributed by atoms with E-state index in [2.05, 4.69) is 10.3 Å². The van der Waals surface area contributed by atoms with Crippen LogP contribution in [0.3, 0.4) is 0 Å². The molecule has 0 radical (unpaired) electrons. The smallest absolute Gasteiger partial charge is 0.246 e. The molecule has 1 aliphatic rings. The van der Waals surface area contributed by atoms with Crippen LogP contribution in [0.5, 0.6) is 0 Å². The van der Waals surface area contributed by atoms with Gasteiger partial charge in [-0.25, -0.2) is 4.98 Å². The van der Waals surface area contributed by atoms with Crippen molar-refractivity contribution in [2.24, 2.45) is 5.92 Å². The van der Waals surface area contributed by atoms with Gasteiger partial charge in [0.05, 0.1) is 5.54 Å². The number of carbonyl (C=O) groups is 2. The topological polar surface area (TPSA) is 62.3 Å². The summed E-state index contributed by atoms with van der Waals surface area (Å²) in [6, 6.07) is -0.923. The van der Waals surface area contributed by atoms with Crippen molar-refractivity contribution in [1.82, 2.24) is 15.2 Å². The van der Waals surface area contributed by atoms with Crippen LogP contribution in [0.2, 0.25) is 0 Å². The highest BCUT2D eigenvalue weighted by molar-refractivity contribution is 7.09. The van der Waals surface area contributed by atoms with Crippen LogP contribution in [-0.4, -0.2) is 33.8 Å². The van der Waals surface area contributed by atoms with Gasteiger partial charge in [-0.1, -0.05) is 13.8 Å². The number of piperazine rings is 1. The van der Waals surface area contributed by atoms with Crippen molar-refractivity contribution >= 4 is 23.2 Å². The summed E-state index contributed by atoms with van der Waals surface area (Å²) in [6.07, 6.45) is 2.38. The predicted octanol–water partition coefficient (Wildman–Crippen LogP) is 2.14. The second-order valence-corrected chi connectivity index (χ2v) is 7.37. The first kappa shape index (κ1) is 15.9. The van der Waals surface area contributed by atoms with Gasteiger partial charge >= 0.3 is 0 Å². The molecule has 0 aromatic carbocycles. The van der Waals surface area contributed by atoms with E-state index in [9.17, 15) is 9.59 Å². The van der Waals surface area contributed by atoms with E-state index in [4.69, 9.17) is 0 Å². The molecule has 2 rings (SSSR count). The molecule has 1 N–H and O–H groups in total. The molecule has 0 bridgehead atoms. The molecule has 0 spiro atoms. The molecule has 2 atom stereocenters. The summed E-state index contributed by atoms with van der Waals surface area (Å²) in [5.74, 6) is 0.235. The second-order valence-electron chi connectivity index (χ2n) is 6.47. The zero-order valence-electron chi connectivity index (χ0n) is 13.2. The maximum Gasteiger partial charge on any atom is 0.246 e. The number of nitrogens with one attached hydrogen (secondary N) is 1. The lowest BCUT2D eigenvalue weighted by atomic mass is 9.93. The average molecular weight is 309 g/mol. The molecule has 5 nitrogen and oxygen atoms in total. The minimum Gasteiger partial charge on any atom is -0.343 e. The van der Waals surface area contributed by atoms with Gasteiger partial charge < -0.3 is 10.2 Å². The molecule has 0 aliphatic carbocycles. The van der Waals surface area contributed by atoms with Gasteiger partial charge in [-0.3, -0.25) is 9.59 Å². The van der Waals surface area contributed by atoms with Crippen LogP contribution in [0, 0.1) is 5.92 Å². The van der Waals surface area contributed by atoms with Gasteiger partial charge in [-0.2, -0.15) is 0 Å². The Kier molecular flexibility index (Phi) is 4.37. The molecule has 2 unspecified atom stereocenters. The SMILES string of the molecule is CC(C)CC1NC(=O)C(C)N(C(C)(C)c2nccs2)C1=O. The molecule has 1 aromatic rings. The van der Waals surface area contributed by atoms with Crippen LogP contribution in [0.1, 0.15) is 46.0 Å². The molecule has 1 saturated heterocycles. The molecule has 1 aliphatic heterocycles. The van der Waals surface area contributed by atoms with Gasteiger partial charge in [0.1, 0.15) is 17.1 Å². The number of thiazole rings is 1. The van der Waals surface area contributed by atoms with Crippen molar-refractivity contribution in [2.45, 2.75) is 58.7 Å². The lowest BCUT2D eigenvalue weighted by molar-refractivity contribution is -0.156. The highest BCUT2D eigenvalue weighted by Gasteiger charge is 2.46. The number of hydrogen-bond donors (Lipinski definition) is 1. The van der Waals surface area contributed by atoms with Crippen molar-refractivity contribution in [3.05, 3.63) is 16.6 Å². The summed E-state index contributed by atoms with van der Waals surface area (Å²) in [5, 5.41) is 5.59. The molecule has 1 aromatic heterocycles. The molecule has 2 amide bonds. The van der Waals surface area contributed by atoms with E-state index in [1.165, 1.54) is 11.3 Å². The van der Waals surface area contributed by atoms with Crippen LogP contribution in [0.15, 0.2) is 11.6 Å². The third kappa shape index (κ3) is 2.95. The molecule has 2 heterocycles. The Balaban J connectivity index is 2.35. The molecule has 1 fully saturated rings. The Labute approximate surface area is 129 Å². The third-order valence-electron chi connectivity index (χ3n) is 3.88. The Bertz CT molecular complexity index is 525. The Morgan fingerprint density at radius 3 is 2.62 bits per heavy atom. The van der Waals surface area contributed by atoms with Crippen molar-refractivity contribution < 1.29 is 9.59 Å². The van der Waals surface area contributed by atoms with Gasteiger partial charge in [0, 0.05) is 11.6 Å². The predicted molar refractivity (Wildman–Crippen MR) is 82.8 cm³/mol. The Morgan fingerprint density at radius 2 is 2.10 bits per heavy atom. The summed E-state index contributed by atoms with van der Waals surface area (Å²) in [4.78, 5) is 31.1. The van der Waals surface area contributed by atoms with Crippen LogP contribution in [0.4, 0.5) is 0 Å². The molecule has 0 saturated carbocycles. The van der Waals surface area contributed by atoms with E-state index in [0.717, 1.165) is 5.01 Å². The third-order valence-corrected chi connectivity index (χ3v) is 4.97. The van der Waals surface area contributed by atoms with Crippen molar-refractivity contribution in [3.63, 3.8) is 0 Å². The van der Waals surface area contributed by atoms with E-state index < -0.39 is 17.6 Å². The normalized spacial score (nSPS) is 23.6. The number of rotatable bonds is 4. The number of aromatic nitrogens is 1. The number of hydrogen-bond acceptors (Lipinski definition) is 4. The average Bonchev–Trinajstić information content (AvgIpc) is 2.89. The summed E-state index contributed by atoms with van der Waals surface area (Å²) in [5.41, 5.74) is -0.586. The Morgan fingerprint density at radius 1 is 1.43 bits per heavy atom. The number of carbonyl (C=O) groups excluding carboxylic acids is 2. The standard InChI is InChI=1S/C15H23N3O2S/c1-9(2)8-11-13(20)18(10(3)12(19)17-11)15(4,5)14-16-6-7-21-14/h6-7,9-11H,8H2,1-5H3,(H,17,19). The highest BCUT2D eigenvalue weighted by atomic mass is 32.1. The highest BCUT2D eigenvalue weighted by Crippen LogP contribution is 2.33. The summed E-state index contributed by atoms with van der Waals surface area (Å²) in [7, 11) is 0. The zero-order valence-corrected chi connectivity index (χ0v) is 14.0. The van der Waals surface area contributed by atoms with Crippen LogP contribution >= 0.6 is 11.3 Å². The fraction of sp³-hybridized carbons (Fsp3) is 0.667. The summed E-state index contributed by atoms with van der Waals surface area (Å²) >= 11 is 1.51. The van der Waals surface area contributed by atoms with Crippen LogP contribution in [-0.2, 0) is 15.1 Å². The van der Waals surface area contributed by atoms with E-state index in [0.29, 0.717) is 12.3 Å². The second kappa shape index (κ2) is 5.75. The summed E-state index contributed by atoms with van der Waals surface area (Å²) < 4.78 is 0. The van der Waals surface area contributed by atoms with Gasteiger partial charge in [0.2, 0.25) is 11.8 Å². The van der Waals surface area contributed by atoms with Crippen molar-refractivity contribution in [2.75, 3.05) is 0 Å². The number of amides is 2. The quantitative estimate of drug-likeness (QED) is 0.927.